The monoisotopic (exact) mass is 443 g/mol. The topological polar surface area (TPSA) is 148 Å². The summed E-state index contributed by atoms with van der Waals surface area (Å²) >= 11 is 0. The first-order chi connectivity index (χ1) is 14.2. The van der Waals surface area contributed by atoms with E-state index in [0.717, 1.165) is 12.1 Å². The standard InChI is InChI=1S/C20H33N3O8/c1-19(2,3)29-17(27)21-12-8-7-9-13(22-18(28)30-20(4,5)6)16(26)31-23-14(24)10-11-15(23)25/h10-11,13,24-25H,7-9,12H2,1-6H3,(H,21,27)(H,22,28)/t13-/m0/s1. The summed E-state index contributed by atoms with van der Waals surface area (Å²) in [6.45, 7) is 10.6. The van der Waals surface area contributed by atoms with Gasteiger partial charge >= 0.3 is 18.2 Å². The Morgan fingerprint density at radius 2 is 1.45 bits per heavy atom. The molecule has 1 rings (SSSR count). The normalized spacial score (nSPS) is 12.6. The van der Waals surface area contributed by atoms with Gasteiger partial charge in [0.1, 0.15) is 17.2 Å². The number of ether oxygens (including phenoxy) is 2. The SMILES string of the molecule is CC(C)(C)OC(=O)NCCCC[C@H](NC(=O)OC(C)(C)C)C(=O)On1c(O)ccc1O. The summed E-state index contributed by atoms with van der Waals surface area (Å²) in [5, 5.41) is 24.3. The second-order valence-electron chi connectivity index (χ2n) is 8.88. The highest BCUT2D eigenvalue weighted by molar-refractivity contribution is 5.81. The number of hydrogen-bond acceptors (Lipinski definition) is 8. The summed E-state index contributed by atoms with van der Waals surface area (Å²) in [5.41, 5.74) is -1.38. The van der Waals surface area contributed by atoms with Gasteiger partial charge in [-0.25, -0.2) is 14.4 Å². The fourth-order valence-electron chi connectivity index (χ4n) is 2.33. The van der Waals surface area contributed by atoms with E-state index < -0.39 is 47.2 Å². The molecule has 176 valence electrons. The minimum atomic E-state index is -1.11. The molecule has 0 aromatic carbocycles. The molecule has 0 bridgehead atoms. The van der Waals surface area contributed by atoms with E-state index in [9.17, 15) is 24.6 Å². The number of rotatable bonds is 8. The lowest BCUT2D eigenvalue weighted by Crippen LogP contribution is -2.46. The van der Waals surface area contributed by atoms with Gasteiger partial charge in [0, 0.05) is 18.7 Å². The van der Waals surface area contributed by atoms with Crippen molar-refractivity contribution in [1.29, 1.82) is 0 Å². The van der Waals surface area contributed by atoms with Crippen molar-refractivity contribution in [2.75, 3.05) is 6.54 Å². The van der Waals surface area contributed by atoms with Crippen molar-refractivity contribution in [1.82, 2.24) is 15.4 Å². The summed E-state index contributed by atoms with van der Waals surface area (Å²) < 4.78 is 10.8. The van der Waals surface area contributed by atoms with E-state index in [1.54, 1.807) is 41.5 Å². The van der Waals surface area contributed by atoms with Gasteiger partial charge in [0.15, 0.2) is 0 Å². The highest BCUT2D eigenvalue weighted by Crippen LogP contribution is 2.19. The van der Waals surface area contributed by atoms with E-state index in [-0.39, 0.29) is 6.42 Å². The number of amides is 2. The third kappa shape index (κ3) is 10.5. The molecule has 0 spiro atoms. The van der Waals surface area contributed by atoms with Crippen LogP contribution < -0.4 is 15.5 Å². The number of aromatic nitrogens is 1. The summed E-state index contributed by atoms with van der Waals surface area (Å²) in [5.74, 6) is -1.88. The second kappa shape index (κ2) is 10.8. The van der Waals surface area contributed by atoms with E-state index in [1.165, 1.54) is 0 Å². The molecule has 0 saturated heterocycles. The van der Waals surface area contributed by atoms with Crippen LogP contribution in [-0.4, -0.2) is 56.9 Å². The van der Waals surface area contributed by atoms with Crippen LogP contribution in [0.25, 0.3) is 0 Å². The van der Waals surface area contributed by atoms with Crippen LogP contribution in [0.4, 0.5) is 9.59 Å². The first kappa shape index (κ1) is 25.9. The van der Waals surface area contributed by atoms with Gasteiger partial charge < -0.3 is 35.2 Å². The Labute approximate surface area is 181 Å². The first-order valence-corrected chi connectivity index (χ1v) is 9.96. The van der Waals surface area contributed by atoms with Gasteiger partial charge in [-0.3, -0.25) is 0 Å². The van der Waals surface area contributed by atoms with Gasteiger partial charge in [-0.2, -0.15) is 0 Å². The zero-order chi connectivity index (χ0) is 23.8. The number of aromatic hydroxyl groups is 2. The lowest BCUT2D eigenvalue weighted by Gasteiger charge is -2.23. The molecule has 11 nitrogen and oxygen atoms in total. The molecule has 1 heterocycles. The summed E-state index contributed by atoms with van der Waals surface area (Å²) in [6, 6.07) is 1.17. The summed E-state index contributed by atoms with van der Waals surface area (Å²) in [7, 11) is 0. The second-order valence-corrected chi connectivity index (χ2v) is 8.88. The Morgan fingerprint density at radius 3 is 1.97 bits per heavy atom. The van der Waals surface area contributed by atoms with Gasteiger partial charge in [0.05, 0.1) is 0 Å². The maximum atomic E-state index is 12.5. The molecule has 0 aliphatic rings. The molecule has 0 radical (unpaired) electrons. The van der Waals surface area contributed by atoms with Crippen molar-refractivity contribution >= 4 is 18.2 Å². The maximum absolute atomic E-state index is 12.5. The Balaban J connectivity index is 2.65. The van der Waals surface area contributed by atoms with Crippen LogP contribution in [0.1, 0.15) is 60.8 Å². The molecule has 0 unspecified atom stereocenters. The van der Waals surface area contributed by atoms with Crippen molar-refractivity contribution in [3.8, 4) is 11.8 Å². The van der Waals surface area contributed by atoms with Gasteiger partial charge in [0.2, 0.25) is 11.8 Å². The molecule has 11 heteroatoms. The van der Waals surface area contributed by atoms with E-state index >= 15 is 0 Å². The molecule has 0 aliphatic carbocycles. The number of carbonyl (C=O) groups excluding carboxylic acids is 3. The summed E-state index contributed by atoms with van der Waals surface area (Å²) in [6.07, 6.45) is -0.263. The predicted octanol–water partition coefficient (Wildman–Crippen LogP) is 2.44. The highest BCUT2D eigenvalue weighted by atomic mass is 16.7. The lowest BCUT2D eigenvalue weighted by atomic mass is 10.1. The van der Waals surface area contributed by atoms with Gasteiger partial charge in [0.25, 0.3) is 0 Å². The number of hydrogen-bond donors (Lipinski definition) is 4. The number of nitrogens with zero attached hydrogens (tertiary/aromatic N) is 1. The number of alkyl carbamates (subject to hydrolysis) is 2. The minimum absolute atomic E-state index is 0.164. The Kier molecular flexibility index (Phi) is 9.02. The fraction of sp³-hybridized carbons (Fsp3) is 0.650. The average molecular weight is 443 g/mol. The molecular weight excluding hydrogens is 410 g/mol. The molecule has 2 amide bonds. The molecule has 0 saturated carbocycles. The molecule has 31 heavy (non-hydrogen) atoms. The lowest BCUT2D eigenvalue weighted by molar-refractivity contribution is -0.148. The molecule has 0 fully saturated rings. The first-order valence-electron chi connectivity index (χ1n) is 9.96. The van der Waals surface area contributed by atoms with Gasteiger partial charge in [-0.15, -0.1) is 4.73 Å². The van der Waals surface area contributed by atoms with Crippen LogP contribution in [0.3, 0.4) is 0 Å². The van der Waals surface area contributed by atoms with Crippen molar-refractivity contribution < 1.29 is 38.9 Å². The van der Waals surface area contributed by atoms with Crippen LogP contribution in [-0.2, 0) is 14.3 Å². The minimum Gasteiger partial charge on any atom is -0.492 e. The van der Waals surface area contributed by atoms with Crippen LogP contribution in [0.15, 0.2) is 12.1 Å². The van der Waals surface area contributed by atoms with E-state index in [2.05, 4.69) is 10.6 Å². The Morgan fingerprint density at radius 1 is 0.935 bits per heavy atom. The largest absolute Gasteiger partial charge is 0.492 e. The predicted molar refractivity (Wildman–Crippen MR) is 111 cm³/mol. The number of nitrogens with one attached hydrogen (secondary N) is 2. The van der Waals surface area contributed by atoms with Crippen LogP contribution in [0, 0.1) is 0 Å². The molecule has 4 N–H and O–H groups in total. The molecule has 1 aromatic rings. The highest BCUT2D eigenvalue weighted by Gasteiger charge is 2.27. The molecule has 1 aromatic heterocycles. The third-order valence-electron chi connectivity index (χ3n) is 3.54. The van der Waals surface area contributed by atoms with E-state index in [0.29, 0.717) is 24.1 Å². The van der Waals surface area contributed by atoms with Gasteiger partial charge in [-0.05, 0) is 60.8 Å². The summed E-state index contributed by atoms with van der Waals surface area (Å²) in [4.78, 5) is 41.2. The number of unbranched alkanes of at least 4 members (excludes halogenated alkanes) is 1. The fourth-order valence-corrected chi connectivity index (χ4v) is 2.33. The smallest absolute Gasteiger partial charge is 0.408 e. The molecule has 1 atom stereocenters. The van der Waals surface area contributed by atoms with Crippen molar-refractivity contribution in [2.24, 2.45) is 0 Å². The van der Waals surface area contributed by atoms with E-state index in [4.69, 9.17) is 14.3 Å². The zero-order valence-electron chi connectivity index (χ0n) is 18.9. The quantitative estimate of drug-likeness (QED) is 0.448. The van der Waals surface area contributed by atoms with Crippen LogP contribution in [0.5, 0.6) is 11.8 Å². The third-order valence-corrected chi connectivity index (χ3v) is 3.54. The van der Waals surface area contributed by atoms with E-state index in [1.807, 2.05) is 0 Å². The van der Waals surface area contributed by atoms with Crippen LogP contribution >= 0.6 is 0 Å². The van der Waals surface area contributed by atoms with Crippen molar-refractivity contribution in [3.05, 3.63) is 12.1 Å². The van der Waals surface area contributed by atoms with Gasteiger partial charge in [-0.1, -0.05) is 0 Å². The average Bonchev–Trinajstić information content (AvgIpc) is 2.89. The molecule has 0 aliphatic heterocycles. The Bertz CT molecular complexity index is 742. The number of carbonyl (C=O) groups is 3. The van der Waals surface area contributed by atoms with Crippen LogP contribution in [0.2, 0.25) is 0 Å². The Hall–Kier alpha value is -3.11. The van der Waals surface area contributed by atoms with Crippen molar-refractivity contribution in [3.63, 3.8) is 0 Å². The molecular formula is C20H33N3O8. The maximum Gasteiger partial charge on any atom is 0.408 e. The van der Waals surface area contributed by atoms with Crippen molar-refractivity contribution in [2.45, 2.75) is 78.0 Å². The zero-order valence-corrected chi connectivity index (χ0v) is 18.9.